The first kappa shape index (κ1) is 27.5. The van der Waals surface area contributed by atoms with Crippen LogP contribution in [0.5, 0.6) is 0 Å². The topological polar surface area (TPSA) is 65.4 Å². The lowest BCUT2D eigenvalue weighted by molar-refractivity contribution is 0.157. The first-order chi connectivity index (χ1) is 18.9. The number of hydrogen-bond acceptors (Lipinski definition) is 7. The van der Waals surface area contributed by atoms with Gasteiger partial charge in [0.25, 0.3) is 0 Å². The molecule has 1 N–H and O–H groups in total. The van der Waals surface area contributed by atoms with Crippen LogP contribution in [0.1, 0.15) is 57.6 Å². The Balaban J connectivity index is 1.17. The molecule has 2 aliphatic heterocycles. The van der Waals surface area contributed by atoms with Crippen molar-refractivity contribution in [2.24, 2.45) is 0 Å². The Hall–Kier alpha value is -3.04. The van der Waals surface area contributed by atoms with Crippen LogP contribution >= 0.6 is 0 Å². The largest absolute Gasteiger partial charge is 0.369 e. The van der Waals surface area contributed by atoms with E-state index < -0.39 is 0 Å². The number of benzene rings is 1. The second kappa shape index (κ2) is 12.4. The number of aryl methyl sites for hydroxylation is 1. The Bertz CT molecular complexity index is 1230. The molecule has 2 saturated heterocycles. The van der Waals surface area contributed by atoms with Crippen molar-refractivity contribution >= 4 is 17.3 Å². The van der Waals surface area contributed by atoms with Gasteiger partial charge in [0.05, 0.1) is 17.6 Å². The quantitative estimate of drug-likeness (QED) is 0.389. The molecule has 4 heterocycles. The lowest BCUT2D eigenvalue weighted by Crippen LogP contribution is -2.46. The third kappa shape index (κ3) is 6.76. The predicted octanol–water partition coefficient (Wildman–Crippen LogP) is 5.50. The Morgan fingerprint density at radius 1 is 1.08 bits per heavy atom. The Kier molecular flexibility index (Phi) is 8.77. The molecular formula is C30H43FN8. The molecule has 0 aliphatic carbocycles. The maximum absolute atomic E-state index is 15.3. The molecule has 210 valence electrons. The zero-order valence-electron chi connectivity index (χ0n) is 23.9. The van der Waals surface area contributed by atoms with Crippen molar-refractivity contribution in [3.63, 3.8) is 0 Å². The highest BCUT2D eigenvalue weighted by molar-refractivity contribution is 5.65. The summed E-state index contributed by atoms with van der Waals surface area (Å²) < 4.78 is 17.2. The fourth-order valence-electron chi connectivity index (χ4n) is 5.72. The van der Waals surface area contributed by atoms with Crippen LogP contribution in [0.3, 0.4) is 0 Å². The second-order valence-corrected chi connectivity index (χ2v) is 11.4. The monoisotopic (exact) mass is 534 g/mol. The number of likely N-dealkylation sites (N-methyl/N-ethyl adjacent to an activating group) is 1. The molecule has 9 heteroatoms. The van der Waals surface area contributed by atoms with E-state index in [0.29, 0.717) is 23.4 Å². The zero-order valence-corrected chi connectivity index (χ0v) is 23.9. The van der Waals surface area contributed by atoms with Gasteiger partial charge in [-0.15, -0.1) is 0 Å². The molecule has 0 saturated carbocycles. The van der Waals surface area contributed by atoms with Crippen molar-refractivity contribution in [1.82, 2.24) is 29.5 Å². The molecule has 0 amide bonds. The van der Waals surface area contributed by atoms with Crippen molar-refractivity contribution in [3.05, 3.63) is 48.2 Å². The molecule has 5 rings (SSSR count). The van der Waals surface area contributed by atoms with Gasteiger partial charge in [-0.2, -0.15) is 5.10 Å². The van der Waals surface area contributed by atoms with Crippen LogP contribution in [0.15, 0.2) is 36.8 Å². The summed E-state index contributed by atoms with van der Waals surface area (Å²) in [5.74, 6) is 0.218. The highest BCUT2D eigenvalue weighted by atomic mass is 19.1. The zero-order chi connectivity index (χ0) is 27.4. The maximum atomic E-state index is 15.3. The average Bonchev–Trinajstić information content (AvgIpc) is 3.44. The number of rotatable bonds is 9. The van der Waals surface area contributed by atoms with Gasteiger partial charge in [-0.25, -0.2) is 14.4 Å². The van der Waals surface area contributed by atoms with E-state index in [4.69, 9.17) is 4.98 Å². The Morgan fingerprint density at radius 3 is 2.54 bits per heavy atom. The third-order valence-electron chi connectivity index (χ3n) is 8.23. The van der Waals surface area contributed by atoms with E-state index in [-0.39, 0.29) is 11.9 Å². The standard InChI is InChI=1S/C30H43FN8/c1-22(2)39-21-24(20-33-39)29-23(3)19-32-30(35-29)34-25-8-9-28(27(31)18-25)38-14-10-26(11-15-38)36(4)16-17-37-12-6-5-7-13-37/h8-9,18-22,26H,5-7,10-17H2,1-4H3,(H,32,34,35). The van der Waals surface area contributed by atoms with Crippen molar-refractivity contribution in [2.45, 2.75) is 65.0 Å². The van der Waals surface area contributed by atoms with Crippen molar-refractivity contribution in [2.75, 3.05) is 56.5 Å². The lowest BCUT2D eigenvalue weighted by atomic mass is 10.0. The Labute approximate surface area is 232 Å². The van der Waals surface area contributed by atoms with Gasteiger partial charge < -0.3 is 20.0 Å². The minimum absolute atomic E-state index is 0.220. The normalized spacial score (nSPS) is 17.4. The summed E-state index contributed by atoms with van der Waals surface area (Å²) in [5.41, 5.74) is 4.03. The highest BCUT2D eigenvalue weighted by Crippen LogP contribution is 2.29. The highest BCUT2D eigenvalue weighted by Gasteiger charge is 2.24. The molecule has 8 nitrogen and oxygen atoms in total. The van der Waals surface area contributed by atoms with E-state index in [9.17, 15) is 0 Å². The molecule has 0 atom stereocenters. The molecule has 3 aromatic rings. The summed E-state index contributed by atoms with van der Waals surface area (Å²) in [6.45, 7) is 12.7. The average molecular weight is 535 g/mol. The van der Waals surface area contributed by atoms with Crippen LogP contribution in [0.4, 0.5) is 21.7 Å². The molecular weight excluding hydrogens is 491 g/mol. The molecule has 2 aliphatic rings. The number of anilines is 3. The minimum atomic E-state index is -0.220. The van der Waals surface area contributed by atoms with E-state index in [2.05, 4.69) is 51.0 Å². The van der Waals surface area contributed by atoms with E-state index in [1.807, 2.05) is 36.1 Å². The fourth-order valence-corrected chi connectivity index (χ4v) is 5.72. The van der Waals surface area contributed by atoms with Gasteiger partial charge in [0.15, 0.2) is 0 Å². The minimum Gasteiger partial charge on any atom is -0.369 e. The first-order valence-corrected chi connectivity index (χ1v) is 14.5. The molecule has 0 radical (unpaired) electrons. The fraction of sp³-hybridized carbons (Fsp3) is 0.567. The SMILES string of the molecule is Cc1cnc(Nc2ccc(N3CCC(N(C)CCN4CCCCC4)CC3)c(F)c2)nc1-c1cnn(C(C)C)c1. The van der Waals surface area contributed by atoms with Crippen molar-refractivity contribution in [3.8, 4) is 11.3 Å². The van der Waals surface area contributed by atoms with Crippen LogP contribution < -0.4 is 10.2 Å². The number of nitrogens with zero attached hydrogens (tertiary/aromatic N) is 7. The molecule has 0 unspecified atom stereocenters. The number of likely N-dealkylation sites (tertiary alicyclic amines) is 1. The lowest BCUT2D eigenvalue weighted by Gasteiger charge is -2.39. The molecule has 0 spiro atoms. The van der Waals surface area contributed by atoms with E-state index >= 15 is 4.39 Å². The van der Waals surface area contributed by atoms with Gasteiger partial charge in [0.2, 0.25) is 5.95 Å². The van der Waals surface area contributed by atoms with Crippen LogP contribution in [0, 0.1) is 12.7 Å². The predicted molar refractivity (Wildman–Crippen MR) is 156 cm³/mol. The van der Waals surface area contributed by atoms with Gasteiger partial charge in [-0.05, 0) is 90.4 Å². The summed E-state index contributed by atoms with van der Waals surface area (Å²) in [6.07, 6.45) is 11.8. The van der Waals surface area contributed by atoms with Gasteiger partial charge in [0.1, 0.15) is 5.82 Å². The van der Waals surface area contributed by atoms with Gasteiger partial charge in [-0.3, -0.25) is 4.68 Å². The van der Waals surface area contributed by atoms with E-state index in [0.717, 1.165) is 55.8 Å². The third-order valence-corrected chi connectivity index (χ3v) is 8.23. The molecule has 2 aromatic heterocycles. The summed E-state index contributed by atoms with van der Waals surface area (Å²) >= 11 is 0. The summed E-state index contributed by atoms with van der Waals surface area (Å²) in [6, 6.07) is 6.17. The molecule has 0 bridgehead atoms. The molecule has 1 aromatic carbocycles. The Morgan fingerprint density at radius 2 is 1.85 bits per heavy atom. The van der Waals surface area contributed by atoms with E-state index in [1.165, 1.54) is 32.4 Å². The first-order valence-electron chi connectivity index (χ1n) is 14.5. The molecule has 39 heavy (non-hydrogen) atoms. The van der Waals surface area contributed by atoms with E-state index in [1.54, 1.807) is 12.3 Å². The summed E-state index contributed by atoms with van der Waals surface area (Å²) in [7, 11) is 2.25. The van der Waals surface area contributed by atoms with Crippen LogP contribution in [0.2, 0.25) is 0 Å². The van der Waals surface area contributed by atoms with Crippen molar-refractivity contribution in [1.29, 1.82) is 0 Å². The maximum Gasteiger partial charge on any atom is 0.227 e. The molecule has 2 fully saturated rings. The number of nitrogens with one attached hydrogen (secondary N) is 1. The second-order valence-electron chi connectivity index (χ2n) is 11.4. The van der Waals surface area contributed by atoms with Crippen LogP contribution in [-0.2, 0) is 0 Å². The number of hydrogen-bond donors (Lipinski definition) is 1. The van der Waals surface area contributed by atoms with Gasteiger partial charge in [0, 0.05) is 61.9 Å². The number of halogens is 1. The van der Waals surface area contributed by atoms with Gasteiger partial charge in [-0.1, -0.05) is 6.42 Å². The summed E-state index contributed by atoms with van der Waals surface area (Å²) in [4.78, 5) is 16.4. The van der Waals surface area contributed by atoms with Crippen LogP contribution in [0.25, 0.3) is 11.3 Å². The number of aromatic nitrogens is 4. The van der Waals surface area contributed by atoms with Crippen LogP contribution in [-0.4, -0.2) is 81.9 Å². The number of piperidine rings is 2. The smallest absolute Gasteiger partial charge is 0.227 e. The van der Waals surface area contributed by atoms with Crippen molar-refractivity contribution < 1.29 is 4.39 Å². The van der Waals surface area contributed by atoms with Gasteiger partial charge >= 0.3 is 0 Å². The summed E-state index contributed by atoms with van der Waals surface area (Å²) in [5, 5.41) is 7.62.